The van der Waals surface area contributed by atoms with Crippen molar-refractivity contribution in [2.45, 2.75) is 361 Å². The van der Waals surface area contributed by atoms with Gasteiger partial charge < -0.3 is 14.2 Å². The summed E-state index contributed by atoms with van der Waals surface area (Å²) in [6.45, 7) is 6.54. The van der Waals surface area contributed by atoms with Gasteiger partial charge in [0.1, 0.15) is 13.2 Å². The van der Waals surface area contributed by atoms with Crippen LogP contribution in [0.3, 0.4) is 0 Å². The fourth-order valence-corrected chi connectivity index (χ4v) is 10.2. The fraction of sp³-hybridized carbons (Fsp3) is 0.773. The summed E-state index contributed by atoms with van der Waals surface area (Å²) in [5, 5.41) is 0. The molecule has 0 rings (SSSR count). The Hall–Kier alpha value is -3.41. The second-order valence-electron chi connectivity index (χ2n) is 23.4. The molecule has 6 nitrogen and oxygen atoms in total. The van der Waals surface area contributed by atoms with E-state index < -0.39 is 6.10 Å². The highest BCUT2D eigenvalue weighted by Crippen LogP contribution is 2.17. The van der Waals surface area contributed by atoms with Crippen molar-refractivity contribution in [3.63, 3.8) is 0 Å². The molecule has 0 aromatic rings. The van der Waals surface area contributed by atoms with Gasteiger partial charge in [-0.2, -0.15) is 0 Å². The maximum Gasteiger partial charge on any atom is 0.306 e. The van der Waals surface area contributed by atoms with E-state index in [9.17, 15) is 14.4 Å². The van der Waals surface area contributed by atoms with Crippen molar-refractivity contribution in [1.82, 2.24) is 0 Å². The summed E-state index contributed by atoms with van der Waals surface area (Å²) in [5.41, 5.74) is 0. The third kappa shape index (κ3) is 67.3. The maximum absolute atomic E-state index is 12.9. The van der Waals surface area contributed by atoms with Crippen LogP contribution in [0.5, 0.6) is 0 Å². The lowest BCUT2D eigenvalue weighted by Crippen LogP contribution is -2.30. The topological polar surface area (TPSA) is 78.9 Å². The molecule has 0 aromatic heterocycles. The van der Waals surface area contributed by atoms with Crippen LogP contribution in [-0.4, -0.2) is 37.2 Å². The fourth-order valence-electron chi connectivity index (χ4n) is 10.2. The zero-order valence-electron chi connectivity index (χ0n) is 53.8. The second kappa shape index (κ2) is 69.1. The van der Waals surface area contributed by atoms with Crippen LogP contribution in [0.2, 0.25) is 0 Å². The first-order valence-corrected chi connectivity index (χ1v) is 35.1. The van der Waals surface area contributed by atoms with Gasteiger partial charge in [0.15, 0.2) is 6.10 Å². The third-order valence-corrected chi connectivity index (χ3v) is 15.4. The molecule has 0 aliphatic heterocycles. The van der Waals surface area contributed by atoms with Gasteiger partial charge in [-0.25, -0.2) is 0 Å². The largest absolute Gasteiger partial charge is 0.462 e. The van der Waals surface area contributed by atoms with Crippen LogP contribution >= 0.6 is 0 Å². The SMILES string of the molecule is CC/C=C\C/C=C\C/C=C\C/C=C\C/C=C\CCCCCCCCCCCCCC(=O)OCC(COC(=O)CCCCCCCCCCC)OC(=O)CCCCCCCCCCCCCCCCC/C=C\C/C=C\CCCCCCC. The first kappa shape index (κ1) is 77.6. The van der Waals surface area contributed by atoms with E-state index in [1.807, 2.05) is 0 Å². The van der Waals surface area contributed by atoms with Crippen LogP contribution < -0.4 is 0 Å². The molecule has 468 valence electrons. The molecule has 1 unspecified atom stereocenters. The Balaban J connectivity index is 4.15. The summed E-state index contributed by atoms with van der Waals surface area (Å²) < 4.78 is 16.9. The molecule has 0 spiro atoms. The number of esters is 3. The highest BCUT2D eigenvalue weighted by molar-refractivity contribution is 5.71. The standard InChI is InChI=1S/C75H132O6/c1-4-7-10-13-16-19-21-23-25-27-29-31-33-35-37-39-41-43-45-47-49-51-53-56-59-62-65-68-74(77)80-71-72(70-79-73(76)67-64-61-58-55-18-15-12-9-6-3)81-75(78)69-66-63-60-57-54-52-50-48-46-44-42-40-38-36-34-32-30-28-26-24-22-20-17-14-11-8-5-2/h7,10,16,19,22-25,28-31,35,37,72H,4-6,8-9,11-15,17-18,20-21,26-27,32-34,36,38-71H2,1-3H3/b10-7-,19-16-,24-22-,25-23-,30-28-,31-29-,37-35-. The first-order valence-electron chi connectivity index (χ1n) is 35.1. The molecule has 81 heavy (non-hydrogen) atoms. The summed E-state index contributed by atoms with van der Waals surface area (Å²) in [6, 6.07) is 0. The maximum atomic E-state index is 12.9. The monoisotopic (exact) mass is 1130 g/mol. The average Bonchev–Trinajstić information content (AvgIpc) is 3.47. The van der Waals surface area contributed by atoms with E-state index in [-0.39, 0.29) is 31.1 Å². The molecular weight excluding hydrogens is 997 g/mol. The van der Waals surface area contributed by atoms with Crippen molar-refractivity contribution in [2.75, 3.05) is 13.2 Å². The number of hydrogen-bond donors (Lipinski definition) is 0. The highest BCUT2D eigenvalue weighted by Gasteiger charge is 2.19. The van der Waals surface area contributed by atoms with Crippen molar-refractivity contribution in [3.05, 3.63) is 85.1 Å². The molecule has 1 atom stereocenters. The number of hydrogen-bond acceptors (Lipinski definition) is 6. The van der Waals surface area contributed by atoms with Crippen LogP contribution in [-0.2, 0) is 28.6 Å². The molecule has 0 amide bonds. The van der Waals surface area contributed by atoms with Crippen molar-refractivity contribution in [2.24, 2.45) is 0 Å². The normalized spacial score (nSPS) is 12.6. The molecule has 0 aromatic carbocycles. The van der Waals surface area contributed by atoms with Crippen molar-refractivity contribution in [3.8, 4) is 0 Å². The quantitative estimate of drug-likeness (QED) is 0.0261. The minimum atomic E-state index is -0.776. The van der Waals surface area contributed by atoms with Gasteiger partial charge in [-0.15, -0.1) is 0 Å². The Kier molecular flexibility index (Phi) is 66.2. The van der Waals surface area contributed by atoms with E-state index in [1.54, 1.807) is 0 Å². The third-order valence-electron chi connectivity index (χ3n) is 15.4. The summed E-state index contributed by atoms with van der Waals surface area (Å²) in [5.74, 6) is -0.862. The summed E-state index contributed by atoms with van der Waals surface area (Å²) >= 11 is 0. The van der Waals surface area contributed by atoms with E-state index in [0.717, 1.165) is 96.3 Å². The van der Waals surface area contributed by atoms with E-state index in [1.165, 1.54) is 218 Å². The number of carbonyl (C=O) groups is 3. The summed E-state index contributed by atoms with van der Waals surface area (Å²) in [6.07, 6.45) is 91.9. The van der Waals surface area contributed by atoms with Crippen LogP contribution in [0.15, 0.2) is 85.1 Å². The van der Waals surface area contributed by atoms with Crippen molar-refractivity contribution >= 4 is 17.9 Å². The summed E-state index contributed by atoms with van der Waals surface area (Å²) in [7, 11) is 0. The molecule has 0 radical (unpaired) electrons. The van der Waals surface area contributed by atoms with Gasteiger partial charge in [0.05, 0.1) is 0 Å². The zero-order chi connectivity index (χ0) is 58.5. The molecule has 0 N–H and O–H groups in total. The van der Waals surface area contributed by atoms with E-state index in [0.29, 0.717) is 19.3 Å². The molecule has 6 heteroatoms. The smallest absolute Gasteiger partial charge is 0.306 e. The molecule has 0 aliphatic carbocycles. The Labute approximate surface area is 503 Å². The summed E-state index contributed by atoms with van der Waals surface area (Å²) in [4.78, 5) is 38.3. The zero-order valence-corrected chi connectivity index (χ0v) is 53.8. The van der Waals surface area contributed by atoms with Gasteiger partial charge in [-0.1, -0.05) is 324 Å². The Morgan fingerprint density at radius 2 is 0.481 bits per heavy atom. The molecule has 0 fully saturated rings. The molecule has 0 heterocycles. The molecule has 0 aliphatic rings. The molecule has 0 bridgehead atoms. The molecule has 0 saturated heterocycles. The van der Waals surface area contributed by atoms with Crippen LogP contribution in [0.4, 0.5) is 0 Å². The van der Waals surface area contributed by atoms with E-state index >= 15 is 0 Å². The predicted octanol–water partition coefficient (Wildman–Crippen LogP) is 24.2. The second-order valence-corrected chi connectivity index (χ2v) is 23.4. The lowest BCUT2D eigenvalue weighted by molar-refractivity contribution is -0.167. The van der Waals surface area contributed by atoms with Crippen molar-refractivity contribution < 1.29 is 28.6 Å². The van der Waals surface area contributed by atoms with Gasteiger partial charge in [-0.05, 0) is 96.3 Å². The lowest BCUT2D eigenvalue weighted by Gasteiger charge is -2.18. The van der Waals surface area contributed by atoms with Gasteiger partial charge in [0.25, 0.3) is 0 Å². The number of unbranched alkanes of at least 4 members (excludes halogenated alkanes) is 39. The average molecular weight is 1130 g/mol. The van der Waals surface area contributed by atoms with E-state index in [2.05, 4.69) is 106 Å². The van der Waals surface area contributed by atoms with Crippen LogP contribution in [0, 0.1) is 0 Å². The number of ether oxygens (including phenoxy) is 3. The molecular formula is C75H132O6. The Morgan fingerprint density at radius 1 is 0.259 bits per heavy atom. The Bertz CT molecular complexity index is 1530. The Morgan fingerprint density at radius 3 is 0.753 bits per heavy atom. The molecule has 0 saturated carbocycles. The predicted molar refractivity (Wildman–Crippen MR) is 353 cm³/mol. The van der Waals surface area contributed by atoms with Crippen LogP contribution in [0.1, 0.15) is 355 Å². The lowest BCUT2D eigenvalue weighted by atomic mass is 10.0. The number of rotatable bonds is 64. The first-order chi connectivity index (χ1) is 40.0. The van der Waals surface area contributed by atoms with Gasteiger partial charge in [0.2, 0.25) is 0 Å². The van der Waals surface area contributed by atoms with Crippen LogP contribution in [0.25, 0.3) is 0 Å². The minimum Gasteiger partial charge on any atom is -0.462 e. The number of carbonyl (C=O) groups excluding carboxylic acids is 3. The van der Waals surface area contributed by atoms with Crippen molar-refractivity contribution in [1.29, 1.82) is 0 Å². The minimum absolute atomic E-state index is 0.0730. The van der Waals surface area contributed by atoms with Gasteiger partial charge >= 0.3 is 17.9 Å². The van der Waals surface area contributed by atoms with Gasteiger partial charge in [-0.3, -0.25) is 14.4 Å². The number of allylic oxidation sites excluding steroid dienone is 14. The van der Waals surface area contributed by atoms with E-state index in [4.69, 9.17) is 14.2 Å². The highest BCUT2D eigenvalue weighted by atomic mass is 16.6. The van der Waals surface area contributed by atoms with Gasteiger partial charge in [0, 0.05) is 19.3 Å².